The predicted molar refractivity (Wildman–Crippen MR) is 103 cm³/mol. The Bertz CT molecular complexity index is 867. The van der Waals surface area contributed by atoms with Gasteiger partial charge in [-0.25, -0.2) is 8.42 Å². The van der Waals surface area contributed by atoms with Gasteiger partial charge in [-0.15, -0.1) is 0 Å². The molecule has 0 radical (unpaired) electrons. The Labute approximate surface area is 161 Å². The fourth-order valence-corrected chi connectivity index (χ4v) is 4.64. The van der Waals surface area contributed by atoms with E-state index in [1.54, 1.807) is 4.90 Å². The number of rotatable bonds is 4. The highest BCUT2D eigenvalue weighted by atomic mass is 32.2. The van der Waals surface area contributed by atoms with Crippen LogP contribution in [0.4, 0.5) is 0 Å². The average molecular weight is 391 g/mol. The number of aliphatic hydroxyl groups is 1. The molecule has 0 aliphatic carbocycles. The van der Waals surface area contributed by atoms with Gasteiger partial charge in [0.25, 0.3) is 0 Å². The van der Waals surface area contributed by atoms with Crippen LogP contribution in [0, 0.1) is 17.8 Å². The van der Waals surface area contributed by atoms with E-state index in [9.17, 15) is 18.3 Å². The summed E-state index contributed by atoms with van der Waals surface area (Å²) in [5.74, 6) is 6.50. The lowest BCUT2D eigenvalue weighted by Gasteiger charge is -2.58. The highest BCUT2D eigenvalue weighted by Gasteiger charge is 2.54. The van der Waals surface area contributed by atoms with Crippen LogP contribution in [-0.4, -0.2) is 66.7 Å². The Hall–Kier alpha value is -1.88. The molecular weight excluding hydrogens is 364 g/mol. The number of hydrogen-bond donors (Lipinski definition) is 1. The van der Waals surface area contributed by atoms with E-state index in [2.05, 4.69) is 25.7 Å². The van der Waals surface area contributed by atoms with Crippen LogP contribution in [0.25, 0.3) is 0 Å². The minimum absolute atomic E-state index is 0.0822. The SMILES string of the molecule is CC(C)CC#Cc1ccc([C@@H]2[C@@H](CO)N3C(=O)CN(S(C)(=O)=O)C[C@@H]23)cc1. The molecule has 1 amide bonds. The van der Waals surface area contributed by atoms with E-state index in [0.29, 0.717) is 5.92 Å². The lowest BCUT2D eigenvalue weighted by molar-refractivity contribution is -0.158. The topological polar surface area (TPSA) is 77.9 Å². The summed E-state index contributed by atoms with van der Waals surface area (Å²) in [7, 11) is -3.43. The Morgan fingerprint density at radius 3 is 2.48 bits per heavy atom. The fourth-order valence-electron chi connectivity index (χ4n) is 3.87. The first kappa shape index (κ1) is 19.9. The Balaban J connectivity index is 1.80. The molecule has 2 saturated heterocycles. The van der Waals surface area contributed by atoms with Gasteiger partial charge >= 0.3 is 0 Å². The van der Waals surface area contributed by atoms with Gasteiger partial charge in [0, 0.05) is 24.4 Å². The molecule has 2 aliphatic heterocycles. The highest BCUT2D eigenvalue weighted by Crippen LogP contribution is 2.43. The van der Waals surface area contributed by atoms with E-state index in [1.807, 2.05) is 24.3 Å². The Kier molecular flexibility index (Phi) is 5.61. The monoisotopic (exact) mass is 390 g/mol. The van der Waals surface area contributed by atoms with Crippen LogP contribution in [0.1, 0.15) is 37.3 Å². The number of carbonyl (C=O) groups is 1. The quantitative estimate of drug-likeness (QED) is 0.779. The maximum Gasteiger partial charge on any atom is 0.238 e. The van der Waals surface area contributed by atoms with E-state index in [0.717, 1.165) is 23.8 Å². The summed E-state index contributed by atoms with van der Waals surface area (Å²) < 4.78 is 25.0. The zero-order chi connectivity index (χ0) is 19.8. The molecule has 27 heavy (non-hydrogen) atoms. The third-order valence-electron chi connectivity index (χ3n) is 5.23. The summed E-state index contributed by atoms with van der Waals surface area (Å²) in [6, 6.07) is 7.28. The number of sulfonamides is 1. The van der Waals surface area contributed by atoms with Crippen LogP contribution in [0.5, 0.6) is 0 Å². The minimum Gasteiger partial charge on any atom is -0.394 e. The molecule has 0 aromatic heterocycles. The van der Waals surface area contributed by atoms with E-state index < -0.39 is 10.0 Å². The van der Waals surface area contributed by atoms with Gasteiger partial charge in [-0.3, -0.25) is 4.79 Å². The zero-order valence-corrected chi connectivity index (χ0v) is 16.7. The largest absolute Gasteiger partial charge is 0.394 e. The van der Waals surface area contributed by atoms with Crippen LogP contribution < -0.4 is 0 Å². The van der Waals surface area contributed by atoms with Crippen molar-refractivity contribution >= 4 is 15.9 Å². The summed E-state index contributed by atoms with van der Waals surface area (Å²) in [4.78, 5) is 14.0. The summed E-state index contributed by atoms with van der Waals surface area (Å²) >= 11 is 0. The average Bonchev–Trinajstić information content (AvgIpc) is 2.56. The molecule has 6 nitrogen and oxygen atoms in total. The number of fused-ring (bicyclic) bond motifs is 1. The number of amides is 1. The van der Waals surface area contributed by atoms with Crippen molar-refractivity contribution in [2.75, 3.05) is 26.0 Å². The Morgan fingerprint density at radius 1 is 1.26 bits per heavy atom. The van der Waals surface area contributed by atoms with Gasteiger partial charge < -0.3 is 10.0 Å². The van der Waals surface area contributed by atoms with Crippen LogP contribution in [0.3, 0.4) is 0 Å². The molecule has 2 heterocycles. The summed E-state index contributed by atoms with van der Waals surface area (Å²) in [5.41, 5.74) is 1.92. The summed E-state index contributed by atoms with van der Waals surface area (Å²) in [5, 5.41) is 9.77. The van der Waals surface area contributed by atoms with Crippen molar-refractivity contribution in [3.8, 4) is 11.8 Å². The van der Waals surface area contributed by atoms with Crippen LogP contribution >= 0.6 is 0 Å². The van der Waals surface area contributed by atoms with Crippen molar-refractivity contribution in [1.82, 2.24) is 9.21 Å². The number of benzene rings is 1. The van der Waals surface area contributed by atoms with Crippen LogP contribution in [0.15, 0.2) is 24.3 Å². The van der Waals surface area contributed by atoms with Crippen molar-refractivity contribution in [2.45, 2.75) is 38.3 Å². The highest BCUT2D eigenvalue weighted by molar-refractivity contribution is 7.88. The molecule has 2 fully saturated rings. The molecular formula is C20H26N2O4S. The number of nitrogens with zero attached hydrogens (tertiary/aromatic N) is 2. The van der Waals surface area contributed by atoms with E-state index in [1.165, 1.54) is 4.31 Å². The lowest BCUT2D eigenvalue weighted by Crippen LogP contribution is -2.73. The maximum absolute atomic E-state index is 12.4. The van der Waals surface area contributed by atoms with Gasteiger partial charge in [-0.1, -0.05) is 37.8 Å². The second-order valence-corrected chi connectivity index (χ2v) is 9.70. The Morgan fingerprint density at radius 2 is 1.93 bits per heavy atom. The number of carbonyl (C=O) groups excluding carboxylic acids is 1. The van der Waals surface area contributed by atoms with Gasteiger partial charge in [0.1, 0.15) is 0 Å². The second-order valence-electron chi connectivity index (χ2n) is 7.72. The molecule has 7 heteroatoms. The lowest BCUT2D eigenvalue weighted by atomic mass is 9.74. The predicted octanol–water partition coefficient (Wildman–Crippen LogP) is 1.01. The molecule has 0 bridgehead atoms. The second kappa shape index (κ2) is 7.63. The van der Waals surface area contributed by atoms with Gasteiger partial charge in [-0.2, -0.15) is 4.31 Å². The third-order valence-corrected chi connectivity index (χ3v) is 6.44. The molecule has 1 aromatic carbocycles. The zero-order valence-electron chi connectivity index (χ0n) is 15.9. The first-order valence-corrected chi connectivity index (χ1v) is 11.0. The standard InChI is InChI=1S/C20H26N2O4S/c1-14(2)5-4-6-15-7-9-16(10-8-15)20-17-11-21(27(3,25)26)12-19(24)22(17)18(20)13-23/h7-10,14,17-18,20,23H,5,11-13H2,1-3H3/t17-,18+,20-/m0/s1. The minimum atomic E-state index is -3.43. The first-order chi connectivity index (χ1) is 12.7. The molecule has 0 unspecified atom stereocenters. The van der Waals surface area contributed by atoms with Crippen molar-refractivity contribution in [3.05, 3.63) is 35.4 Å². The smallest absolute Gasteiger partial charge is 0.238 e. The van der Waals surface area contributed by atoms with E-state index in [-0.39, 0.29) is 43.6 Å². The van der Waals surface area contributed by atoms with Gasteiger partial charge in [-0.05, 0) is 23.6 Å². The van der Waals surface area contributed by atoms with Crippen molar-refractivity contribution in [2.24, 2.45) is 5.92 Å². The third kappa shape index (κ3) is 4.03. The molecule has 1 aromatic rings. The first-order valence-electron chi connectivity index (χ1n) is 9.18. The van der Waals surface area contributed by atoms with Crippen molar-refractivity contribution < 1.29 is 18.3 Å². The van der Waals surface area contributed by atoms with E-state index >= 15 is 0 Å². The van der Waals surface area contributed by atoms with Gasteiger partial charge in [0.05, 0.1) is 31.5 Å². The van der Waals surface area contributed by atoms with Crippen molar-refractivity contribution in [3.63, 3.8) is 0 Å². The number of piperazine rings is 1. The van der Waals surface area contributed by atoms with Gasteiger partial charge in [0.15, 0.2) is 0 Å². The van der Waals surface area contributed by atoms with Crippen LogP contribution in [0.2, 0.25) is 0 Å². The molecule has 1 N–H and O–H groups in total. The molecule has 146 valence electrons. The van der Waals surface area contributed by atoms with E-state index in [4.69, 9.17) is 0 Å². The van der Waals surface area contributed by atoms with Gasteiger partial charge in [0.2, 0.25) is 15.9 Å². The maximum atomic E-state index is 12.4. The normalized spacial score (nSPS) is 25.6. The molecule has 2 aliphatic rings. The molecule has 0 saturated carbocycles. The number of aliphatic hydroxyl groups excluding tert-OH is 1. The molecule has 0 spiro atoms. The number of hydrogen-bond acceptors (Lipinski definition) is 4. The summed E-state index contributed by atoms with van der Waals surface area (Å²) in [6.07, 6.45) is 1.97. The fraction of sp³-hybridized carbons (Fsp3) is 0.550. The van der Waals surface area contributed by atoms with Crippen molar-refractivity contribution in [1.29, 1.82) is 0 Å². The molecule has 3 atom stereocenters. The molecule has 3 rings (SSSR count). The van der Waals surface area contributed by atoms with Crippen LogP contribution in [-0.2, 0) is 14.8 Å². The summed E-state index contributed by atoms with van der Waals surface area (Å²) in [6.45, 7) is 4.23.